The number of ether oxygens (including phenoxy) is 1. The Balaban J connectivity index is 1.73. The predicted octanol–water partition coefficient (Wildman–Crippen LogP) is 2.96. The lowest BCUT2D eigenvalue weighted by Crippen LogP contribution is -2.22. The second-order valence-corrected chi connectivity index (χ2v) is 8.61. The van der Waals surface area contributed by atoms with Crippen molar-refractivity contribution in [1.82, 2.24) is 9.29 Å². The van der Waals surface area contributed by atoms with Crippen molar-refractivity contribution in [3.05, 3.63) is 84.1 Å². The van der Waals surface area contributed by atoms with E-state index in [1.54, 1.807) is 42.6 Å². The number of pyridine rings is 1. The van der Waals surface area contributed by atoms with E-state index in [1.807, 2.05) is 18.2 Å². The summed E-state index contributed by atoms with van der Waals surface area (Å²) in [5.74, 6) is 1.00. The van der Waals surface area contributed by atoms with Gasteiger partial charge in [-0.15, -0.1) is 0 Å². The summed E-state index contributed by atoms with van der Waals surface area (Å²) in [5, 5.41) is 3.93. The van der Waals surface area contributed by atoms with Crippen LogP contribution in [-0.4, -0.2) is 37.6 Å². The Hall–Kier alpha value is -3.43. The Kier molecular flexibility index (Phi) is 6.65. The van der Waals surface area contributed by atoms with E-state index >= 15 is 0 Å². The highest BCUT2D eigenvalue weighted by Gasteiger charge is 2.17. The van der Waals surface area contributed by atoms with E-state index in [2.05, 4.69) is 10.1 Å². The van der Waals surface area contributed by atoms with Gasteiger partial charge in [0.2, 0.25) is 15.9 Å². The van der Waals surface area contributed by atoms with Gasteiger partial charge in [0.15, 0.2) is 5.84 Å². The summed E-state index contributed by atoms with van der Waals surface area (Å²) >= 11 is 0. The van der Waals surface area contributed by atoms with Crippen molar-refractivity contribution in [2.45, 2.75) is 11.5 Å². The number of nitrogens with zero attached hydrogens (tertiary/aromatic N) is 3. The van der Waals surface area contributed by atoms with Crippen LogP contribution in [0.25, 0.3) is 0 Å². The molecule has 2 N–H and O–H groups in total. The van der Waals surface area contributed by atoms with Gasteiger partial charge in [-0.1, -0.05) is 35.5 Å². The summed E-state index contributed by atoms with van der Waals surface area (Å²) < 4.78 is 31.4. The monoisotopic (exact) mass is 426 g/mol. The third-order valence-electron chi connectivity index (χ3n) is 4.08. The van der Waals surface area contributed by atoms with E-state index < -0.39 is 10.0 Å². The number of nitrogens with two attached hydrogens (primary N) is 1. The van der Waals surface area contributed by atoms with Gasteiger partial charge < -0.3 is 15.3 Å². The van der Waals surface area contributed by atoms with Crippen LogP contribution < -0.4 is 10.5 Å². The number of para-hydroxylation sites is 1. The number of aromatic nitrogens is 1. The Morgan fingerprint density at radius 1 is 1.07 bits per heavy atom. The van der Waals surface area contributed by atoms with Crippen LogP contribution in [0.1, 0.15) is 11.1 Å². The van der Waals surface area contributed by atoms with Crippen molar-refractivity contribution in [2.24, 2.45) is 10.9 Å². The maximum atomic E-state index is 12.3. The van der Waals surface area contributed by atoms with E-state index in [9.17, 15) is 8.42 Å². The molecule has 0 saturated heterocycles. The lowest BCUT2D eigenvalue weighted by molar-refractivity contribution is 0.130. The van der Waals surface area contributed by atoms with Gasteiger partial charge in [-0.05, 0) is 42.0 Å². The minimum absolute atomic E-state index is 0.0482. The number of benzene rings is 2. The second-order valence-electron chi connectivity index (χ2n) is 6.46. The lowest BCUT2D eigenvalue weighted by Gasteiger charge is -2.12. The van der Waals surface area contributed by atoms with E-state index in [-0.39, 0.29) is 17.3 Å². The van der Waals surface area contributed by atoms with Crippen molar-refractivity contribution in [3.63, 3.8) is 0 Å². The summed E-state index contributed by atoms with van der Waals surface area (Å²) in [7, 11) is -0.569. The van der Waals surface area contributed by atoms with Gasteiger partial charge >= 0.3 is 0 Å². The molecule has 9 heteroatoms. The third-order valence-corrected chi connectivity index (χ3v) is 5.89. The fraction of sp³-hybridized carbons (Fsp3) is 0.143. The maximum absolute atomic E-state index is 12.3. The average Bonchev–Trinajstić information content (AvgIpc) is 2.75. The molecule has 8 nitrogen and oxygen atoms in total. The number of sulfonamides is 1. The molecule has 0 aliphatic rings. The minimum atomic E-state index is -3.53. The molecule has 1 heterocycles. The molecular formula is C21H22N4O4S. The zero-order valence-corrected chi connectivity index (χ0v) is 17.4. The largest absolute Gasteiger partial charge is 0.438 e. The van der Waals surface area contributed by atoms with Gasteiger partial charge in [-0.25, -0.2) is 17.7 Å². The first kappa shape index (κ1) is 21.3. The molecule has 0 amide bonds. The number of hydrogen-bond acceptors (Lipinski definition) is 6. The molecule has 0 saturated carbocycles. The Bertz CT molecular complexity index is 1130. The van der Waals surface area contributed by atoms with Gasteiger partial charge in [0.05, 0.1) is 10.5 Å². The fourth-order valence-electron chi connectivity index (χ4n) is 2.50. The zero-order chi connectivity index (χ0) is 21.6. The highest BCUT2D eigenvalue weighted by molar-refractivity contribution is 7.89. The summed E-state index contributed by atoms with van der Waals surface area (Å²) in [5.41, 5.74) is 7.17. The molecule has 0 unspecified atom stereocenters. The highest BCUT2D eigenvalue weighted by atomic mass is 32.2. The molecule has 0 aliphatic carbocycles. The first-order valence-corrected chi connectivity index (χ1v) is 10.5. The standard InChI is InChI=1S/C21H22N4O4S/c1-25(2)30(26,27)18-11-6-8-16(14-18)15-28-24-20(22)19-12-7-13-23-21(19)29-17-9-4-3-5-10-17/h3-14H,15H2,1-2H3,(H2,22,24). The van der Waals surface area contributed by atoms with Crippen LogP contribution in [0.4, 0.5) is 0 Å². The molecule has 0 atom stereocenters. The van der Waals surface area contributed by atoms with Crippen LogP contribution in [0.3, 0.4) is 0 Å². The number of hydrogen-bond donors (Lipinski definition) is 1. The molecule has 0 bridgehead atoms. The van der Waals surface area contributed by atoms with Crippen molar-refractivity contribution in [2.75, 3.05) is 14.1 Å². The Morgan fingerprint density at radius 3 is 2.57 bits per heavy atom. The zero-order valence-electron chi connectivity index (χ0n) is 16.6. The lowest BCUT2D eigenvalue weighted by atomic mass is 10.2. The maximum Gasteiger partial charge on any atom is 0.242 e. The fourth-order valence-corrected chi connectivity index (χ4v) is 3.47. The molecule has 0 fully saturated rings. The van der Waals surface area contributed by atoms with E-state index in [0.717, 1.165) is 4.31 Å². The van der Waals surface area contributed by atoms with Crippen LogP contribution in [-0.2, 0) is 21.5 Å². The van der Waals surface area contributed by atoms with Crippen molar-refractivity contribution >= 4 is 15.9 Å². The quantitative estimate of drug-likeness (QED) is 0.337. The van der Waals surface area contributed by atoms with Crippen LogP contribution in [0, 0.1) is 0 Å². The van der Waals surface area contributed by atoms with Crippen molar-refractivity contribution in [3.8, 4) is 11.6 Å². The molecule has 1 aromatic heterocycles. The number of rotatable bonds is 8. The number of amidine groups is 1. The summed E-state index contributed by atoms with van der Waals surface area (Å²) in [6.45, 7) is 0.0482. The summed E-state index contributed by atoms with van der Waals surface area (Å²) in [6.07, 6.45) is 1.59. The summed E-state index contributed by atoms with van der Waals surface area (Å²) in [4.78, 5) is 9.72. The van der Waals surface area contributed by atoms with Gasteiger partial charge in [0.25, 0.3) is 0 Å². The van der Waals surface area contributed by atoms with Crippen LogP contribution in [0.5, 0.6) is 11.6 Å². The van der Waals surface area contributed by atoms with Crippen LogP contribution in [0.2, 0.25) is 0 Å². The van der Waals surface area contributed by atoms with Gasteiger partial charge in [0, 0.05) is 20.3 Å². The molecule has 0 aliphatic heterocycles. The van der Waals surface area contributed by atoms with Gasteiger partial charge in [-0.3, -0.25) is 0 Å². The van der Waals surface area contributed by atoms with Gasteiger partial charge in [-0.2, -0.15) is 0 Å². The second kappa shape index (κ2) is 9.38. The van der Waals surface area contributed by atoms with Crippen molar-refractivity contribution in [1.29, 1.82) is 0 Å². The topological polar surface area (TPSA) is 107 Å². The molecule has 0 spiro atoms. The predicted molar refractivity (Wildman–Crippen MR) is 114 cm³/mol. The van der Waals surface area contributed by atoms with Crippen LogP contribution >= 0.6 is 0 Å². The van der Waals surface area contributed by atoms with Crippen LogP contribution in [0.15, 0.2) is 83.0 Å². The van der Waals surface area contributed by atoms with E-state index in [0.29, 0.717) is 22.8 Å². The molecule has 0 radical (unpaired) electrons. The van der Waals surface area contributed by atoms with Gasteiger partial charge in [0.1, 0.15) is 12.4 Å². The molecule has 30 heavy (non-hydrogen) atoms. The first-order valence-electron chi connectivity index (χ1n) is 9.03. The normalized spacial score (nSPS) is 12.0. The molecule has 3 rings (SSSR count). The first-order chi connectivity index (χ1) is 14.4. The molecular weight excluding hydrogens is 404 g/mol. The van der Waals surface area contributed by atoms with Crippen molar-refractivity contribution < 1.29 is 18.0 Å². The average molecular weight is 426 g/mol. The smallest absolute Gasteiger partial charge is 0.242 e. The SMILES string of the molecule is CN(C)S(=O)(=O)c1cccc(CO/N=C(/N)c2cccnc2Oc2ccccc2)c1. The highest BCUT2D eigenvalue weighted by Crippen LogP contribution is 2.22. The molecule has 156 valence electrons. The van der Waals surface area contributed by atoms with E-state index in [1.165, 1.54) is 26.2 Å². The molecule has 3 aromatic rings. The van der Waals surface area contributed by atoms with E-state index in [4.69, 9.17) is 15.3 Å². The Morgan fingerprint density at radius 2 is 1.83 bits per heavy atom. The Labute approximate surface area is 175 Å². The summed E-state index contributed by atoms with van der Waals surface area (Å²) in [6, 6.07) is 19.1. The third kappa shape index (κ3) is 5.13. The number of oxime groups is 1. The minimum Gasteiger partial charge on any atom is -0.438 e. The molecule has 2 aromatic carbocycles.